The topological polar surface area (TPSA) is 133 Å². The van der Waals surface area contributed by atoms with E-state index in [4.69, 9.17) is 9.84 Å². The molecule has 0 unspecified atom stereocenters. The second kappa shape index (κ2) is 7.66. The Morgan fingerprint density at radius 1 is 1.32 bits per heavy atom. The number of anilines is 2. The Balaban J connectivity index is 1.58. The van der Waals surface area contributed by atoms with E-state index in [-0.39, 0.29) is 23.4 Å². The summed E-state index contributed by atoms with van der Waals surface area (Å²) in [6, 6.07) is 9.04. The predicted molar refractivity (Wildman–Crippen MR) is 126 cm³/mol. The Hall–Kier alpha value is -3.20. The minimum Gasteiger partial charge on any atom is -0.379 e. The Bertz CT molecular complexity index is 1490. The molecule has 0 radical (unpaired) electrons. The summed E-state index contributed by atoms with van der Waals surface area (Å²) in [6.45, 7) is 6.72. The lowest BCUT2D eigenvalue weighted by molar-refractivity contribution is 0.151. The van der Waals surface area contributed by atoms with E-state index < -0.39 is 21.1 Å². The van der Waals surface area contributed by atoms with Gasteiger partial charge in [-0.05, 0) is 57.0 Å². The average molecular weight is 483 g/mol. The lowest BCUT2D eigenvalue weighted by Crippen LogP contribution is -2.41. The zero-order chi connectivity index (χ0) is 24.3. The van der Waals surface area contributed by atoms with Gasteiger partial charge in [0.05, 0.1) is 29.5 Å². The number of rotatable bonds is 4. The molecule has 1 atom stereocenters. The van der Waals surface area contributed by atoms with Crippen LogP contribution in [0.25, 0.3) is 10.9 Å². The van der Waals surface area contributed by atoms with Gasteiger partial charge in [-0.1, -0.05) is 0 Å². The molecule has 10 nitrogen and oxygen atoms in total. The molecule has 5 rings (SSSR count). The van der Waals surface area contributed by atoms with Crippen LogP contribution in [0.15, 0.2) is 40.2 Å². The third-order valence-corrected chi connectivity index (χ3v) is 8.71. The molecule has 2 N–H and O–H groups in total. The number of pyridine rings is 1. The largest absolute Gasteiger partial charge is 0.379 e. The highest BCUT2D eigenvalue weighted by molar-refractivity contribution is 7.89. The van der Waals surface area contributed by atoms with E-state index in [1.165, 1.54) is 4.31 Å². The van der Waals surface area contributed by atoms with Gasteiger partial charge in [0, 0.05) is 30.6 Å². The van der Waals surface area contributed by atoms with Crippen molar-refractivity contribution in [2.75, 3.05) is 18.5 Å². The van der Waals surface area contributed by atoms with Crippen LogP contribution in [-0.2, 0) is 26.8 Å². The first kappa shape index (κ1) is 22.6. The van der Waals surface area contributed by atoms with Crippen LogP contribution >= 0.6 is 0 Å². The molecule has 2 aromatic heterocycles. The van der Waals surface area contributed by atoms with Gasteiger partial charge >= 0.3 is 0 Å². The fraction of sp³-hybridized carbons (Fsp3) is 0.435. The van der Waals surface area contributed by atoms with Gasteiger partial charge in [-0.2, -0.15) is 14.7 Å². The number of nitrogens with one attached hydrogen (secondary N) is 2. The number of aromatic amines is 1. The molecular weight excluding hydrogens is 456 g/mol. The van der Waals surface area contributed by atoms with Crippen LogP contribution in [0, 0.1) is 11.3 Å². The first-order valence-corrected chi connectivity index (χ1v) is 12.5. The highest BCUT2D eigenvalue weighted by atomic mass is 32.2. The number of hydrogen-bond acceptors (Lipinski definition) is 7. The summed E-state index contributed by atoms with van der Waals surface area (Å²) in [5.74, 6) is 0.342. The molecule has 1 aromatic carbocycles. The van der Waals surface area contributed by atoms with Gasteiger partial charge in [-0.15, -0.1) is 0 Å². The zero-order valence-corrected chi connectivity index (χ0v) is 20.1. The second-order valence-electron chi connectivity index (χ2n) is 9.82. The number of sulfonamides is 1. The van der Waals surface area contributed by atoms with Crippen molar-refractivity contribution in [3.05, 3.63) is 46.4 Å². The smallest absolute Gasteiger partial charge is 0.261 e. The maximum Gasteiger partial charge on any atom is 0.261 e. The van der Waals surface area contributed by atoms with Crippen LogP contribution in [0.2, 0.25) is 0 Å². The van der Waals surface area contributed by atoms with Crippen molar-refractivity contribution in [1.82, 2.24) is 19.1 Å². The lowest BCUT2D eigenvalue weighted by Gasteiger charge is -2.29. The fourth-order valence-corrected chi connectivity index (χ4v) is 6.74. The number of fused-ring (bicyclic) bond motifs is 2. The molecule has 0 bridgehead atoms. The fourth-order valence-electron chi connectivity index (χ4n) is 4.78. The van der Waals surface area contributed by atoms with E-state index in [2.05, 4.69) is 16.4 Å². The van der Waals surface area contributed by atoms with Crippen LogP contribution in [0.4, 0.5) is 11.5 Å². The van der Waals surface area contributed by atoms with Gasteiger partial charge < -0.3 is 15.0 Å². The Labute approximate surface area is 197 Å². The van der Waals surface area contributed by atoms with E-state index in [9.17, 15) is 18.5 Å². The highest BCUT2D eigenvalue weighted by Crippen LogP contribution is 2.38. The van der Waals surface area contributed by atoms with Gasteiger partial charge in [-0.3, -0.25) is 9.48 Å². The molecular formula is C23H26N6O4S. The van der Waals surface area contributed by atoms with Crippen molar-refractivity contribution in [2.45, 2.75) is 56.1 Å². The highest BCUT2D eigenvalue weighted by Gasteiger charge is 2.42. The van der Waals surface area contributed by atoms with Crippen molar-refractivity contribution >= 4 is 32.4 Å². The Kier molecular flexibility index (Phi) is 5.09. The Morgan fingerprint density at radius 3 is 2.79 bits per heavy atom. The summed E-state index contributed by atoms with van der Waals surface area (Å²) in [4.78, 5) is 15.8. The minimum absolute atomic E-state index is 0.204. The average Bonchev–Trinajstić information content (AvgIpc) is 3.44. The van der Waals surface area contributed by atoms with E-state index >= 15 is 0 Å². The third-order valence-electron chi connectivity index (χ3n) is 6.50. The standard InChI is InChI=1S/C23H26N6O4S/c1-22(2,3)28-13-15-12-16(4-5-18(15)34(28,31)32)26-20-19-17(6-10-25-21(19)30)29(27-20)23(7-9-24)8-11-33-14-23/h4-6,10,12H,7-8,11,13-14H2,1-3H3,(H,25,30)(H,26,27)/t23-/m0/s1. The van der Waals surface area contributed by atoms with E-state index in [1.807, 2.05) is 20.8 Å². The summed E-state index contributed by atoms with van der Waals surface area (Å²) < 4.78 is 34.8. The van der Waals surface area contributed by atoms with Gasteiger partial charge in [0.1, 0.15) is 10.9 Å². The maximum atomic E-state index is 13.0. The monoisotopic (exact) mass is 482 g/mol. The van der Waals surface area contributed by atoms with Crippen LogP contribution in [0.5, 0.6) is 0 Å². The van der Waals surface area contributed by atoms with Gasteiger partial charge in [0.15, 0.2) is 5.82 Å². The molecule has 34 heavy (non-hydrogen) atoms. The molecule has 0 aliphatic carbocycles. The van der Waals surface area contributed by atoms with E-state index in [0.29, 0.717) is 47.6 Å². The number of ether oxygens (including phenoxy) is 1. The molecule has 1 fully saturated rings. The first-order valence-electron chi connectivity index (χ1n) is 11.1. The number of nitriles is 1. The summed E-state index contributed by atoms with van der Waals surface area (Å²) in [7, 11) is -3.57. The van der Waals surface area contributed by atoms with Crippen molar-refractivity contribution in [3.8, 4) is 6.07 Å². The third kappa shape index (κ3) is 3.41. The van der Waals surface area contributed by atoms with E-state index in [1.54, 1.807) is 35.1 Å². The van der Waals surface area contributed by atoms with Crippen molar-refractivity contribution < 1.29 is 13.2 Å². The van der Waals surface area contributed by atoms with Crippen LogP contribution in [-0.4, -0.2) is 46.2 Å². The zero-order valence-electron chi connectivity index (χ0n) is 19.3. The van der Waals surface area contributed by atoms with Crippen molar-refractivity contribution in [2.24, 2.45) is 0 Å². The molecule has 178 valence electrons. The minimum atomic E-state index is -3.57. The van der Waals surface area contributed by atoms with Crippen molar-refractivity contribution in [3.63, 3.8) is 0 Å². The predicted octanol–water partition coefficient (Wildman–Crippen LogP) is 2.80. The van der Waals surface area contributed by atoms with Crippen LogP contribution in [0.1, 0.15) is 39.2 Å². The Morgan fingerprint density at radius 2 is 2.12 bits per heavy atom. The SMILES string of the molecule is CC(C)(C)N1Cc2cc(Nc3nn([C@@]4(CC#N)CCOC4)c4cc[nH]c(=O)c34)ccc2S1(=O)=O. The lowest BCUT2D eigenvalue weighted by atomic mass is 9.95. The number of benzene rings is 1. The molecule has 2 aliphatic rings. The molecule has 0 spiro atoms. The molecule has 2 aliphatic heterocycles. The molecule has 1 saturated heterocycles. The van der Waals surface area contributed by atoms with Crippen LogP contribution < -0.4 is 10.9 Å². The first-order chi connectivity index (χ1) is 16.1. The summed E-state index contributed by atoms with van der Waals surface area (Å²) >= 11 is 0. The molecule has 11 heteroatoms. The van der Waals surface area contributed by atoms with Crippen LogP contribution in [0.3, 0.4) is 0 Å². The normalized spacial score (nSPS) is 22.1. The molecule has 3 aromatic rings. The quantitative estimate of drug-likeness (QED) is 0.584. The number of nitrogens with zero attached hydrogens (tertiary/aromatic N) is 4. The number of H-pyrrole nitrogens is 1. The van der Waals surface area contributed by atoms with Crippen molar-refractivity contribution in [1.29, 1.82) is 5.26 Å². The van der Waals surface area contributed by atoms with E-state index in [0.717, 1.165) is 0 Å². The molecule has 4 heterocycles. The van der Waals surface area contributed by atoms with Gasteiger partial charge in [-0.25, -0.2) is 8.42 Å². The second-order valence-corrected chi connectivity index (χ2v) is 11.6. The maximum absolute atomic E-state index is 13.0. The molecule has 0 saturated carbocycles. The number of hydrogen-bond donors (Lipinski definition) is 2. The summed E-state index contributed by atoms with van der Waals surface area (Å²) in [5.41, 5.74) is 0.403. The summed E-state index contributed by atoms with van der Waals surface area (Å²) in [6.07, 6.45) is 2.38. The van der Waals surface area contributed by atoms with Gasteiger partial charge in [0.25, 0.3) is 5.56 Å². The summed E-state index contributed by atoms with van der Waals surface area (Å²) in [5, 5.41) is 17.8. The molecule has 0 amide bonds. The number of aromatic nitrogens is 3. The van der Waals surface area contributed by atoms with Gasteiger partial charge in [0.2, 0.25) is 10.0 Å².